The summed E-state index contributed by atoms with van der Waals surface area (Å²) in [6.45, 7) is 5.30. The van der Waals surface area contributed by atoms with Crippen LogP contribution in [-0.2, 0) is 14.3 Å². The van der Waals surface area contributed by atoms with Crippen LogP contribution >= 0.6 is 15.9 Å². The van der Waals surface area contributed by atoms with Crippen LogP contribution in [0.5, 0.6) is 0 Å². The zero-order valence-electron chi connectivity index (χ0n) is 19.5. The fourth-order valence-corrected chi connectivity index (χ4v) is 3.97. The molecule has 0 aliphatic carbocycles. The molecular formula is C26H28BrNO6. The van der Waals surface area contributed by atoms with Gasteiger partial charge in [-0.2, -0.15) is 0 Å². The molecule has 2 aromatic carbocycles. The van der Waals surface area contributed by atoms with Crippen molar-refractivity contribution in [2.75, 3.05) is 18.5 Å². The second-order valence-electron chi connectivity index (χ2n) is 9.07. The quantitative estimate of drug-likeness (QED) is 0.283. The lowest BCUT2D eigenvalue weighted by molar-refractivity contribution is -0.147. The minimum absolute atomic E-state index is 0.00820. The van der Waals surface area contributed by atoms with E-state index in [4.69, 9.17) is 9.47 Å². The number of hydrogen-bond donors (Lipinski definition) is 0. The monoisotopic (exact) mass is 529 g/mol. The number of benzene rings is 2. The first kappa shape index (κ1) is 25.6. The Hall–Kier alpha value is -3.00. The highest BCUT2D eigenvalue weighted by molar-refractivity contribution is 9.09. The molecule has 0 N–H and O–H groups in total. The maximum Gasteiger partial charge on any atom is 0.411 e. The first-order chi connectivity index (χ1) is 16.1. The molecule has 0 radical (unpaired) electrons. The Bertz CT molecular complexity index is 1060. The third-order valence-corrected chi connectivity index (χ3v) is 5.88. The van der Waals surface area contributed by atoms with Crippen LogP contribution in [0.25, 0.3) is 11.1 Å². The Morgan fingerprint density at radius 2 is 1.44 bits per heavy atom. The van der Waals surface area contributed by atoms with E-state index in [1.165, 1.54) is 4.90 Å². The summed E-state index contributed by atoms with van der Waals surface area (Å²) in [6, 6.07) is 13.4. The summed E-state index contributed by atoms with van der Waals surface area (Å²) in [7, 11) is 0. The molecule has 0 saturated carbocycles. The number of halogens is 1. The summed E-state index contributed by atoms with van der Waals surface area (Å²) in [5.41, 5.74) is 2.19. The SMILES string of the molecule is CC(C)(C)OC(=O)N1CCCC1C(=O)OCC(=O)c1ccc(-c2ccc(C(=O)CBr)cc2)cc1. The fraction of sp³-hybridized carbons (Fsp3) is 0.385. The van der Waals surface area contributed by atoms with Gasteiger partial charge >= 0.3 is 12.1 Å². The van der Waals surface area contributed by atoms with Crippen molar-refractivity contribution in [2.24, 2.45) is 0 Å². The van der Waals surface area contributed by atoms with Gasteiger partial charge in [0, 0.05) is 17.7 Å². The number of carbonyl (C=O) groups is 4. The van der Waals surface area contributed by atoms with Crippen molar-refractivity contribution in [3.8, 4) is 11.1 Å². The molecule has 1 atom stereocenters. The smallest absolute Gasteiger partial charge is 0.411 e. The number of likely N-dealkylation sites (tertiary alicyclic amines) is 1. The van der Waals surface area contributed by atoms with Crippen LogP contribution < -0.4 is 0 Å². The molecule has 7 nitrogen and oxygen atoms in total. The third-order valence-electron chi connectivity index (χ3n) is 5.37. The van der Waals surface area contributed by atoms with Crippen LogP contribution in [0, 0.1) is 0 Å². The Labute approximate surface area is 207 Å². The van der Waals surface area contributed by atoms with E-state index in [0.717, 1.165) is 11.1 Å². The molecule has 0 spiro atoms. The first-order valence-electron chi connectivity index (χ1n) is 11.1. The molecule has 1 fully saturated rings. The number of hydrogen-bond acceptors (Lipinski definition) is 6. The van der Waals surface area contributed by atoms with Gasteiger partial charge in [-0.05, 0) is 44.7 Å². The molecule has 1 aliphatic rings. The van der Waals surface area contributed by atoms with E-state index in [2.05, 4.69) is 15.9 Å². The Morgan fingerprint density at radius 3 is 1.94 bits per heavy atom. The number of amides is 1. The lowest BCUT2D eigenvalue weighted by Gasteiger charge is -2.27. The lowest BCUT2D eigenvalue weighted by Crippen LogP contribution is -2.44. The van der Waals surface area contributed by atoms with Gasteiger partial charge < -0.3 is 9.47 Å². The van der Waals surface area contributed by atoms with Crippen molar-refractivity contribution in [3.05, 3.63) is 59.7 Å². The van der Waals surface area contributed by atoms with E-state index in [0.29, 0.717) is 30.5 Å². The summed E-state index contributed by atoms with van der Waals surface area (Å²) >= 11 is 3.16. The highest BCUT2D eigenvalue weighted by Gasteiger charge is 2.37. The summed E-state index contributed by atoms with van der Waals surface area (Å²) in [5.74, 6) is -0.930. The molecule has 0 bridgehead atoms. The molecule has 8 heteroatoms. The zero-order valence-corrected chi connectivity index (χ0v) is 21.1. The van der Waals surface area contributed by atoms with E-state index in [9.17, 15) is 19.2 Å². The predicted molar refractivity (Wildman–Crippen MR) is 131 cm³/mol. The van der Waals surface area contributed by atoms with Gasteiger partial charge in [0.2, 0.25) is 0 Å². The van der Waals surface area contributed by atoms with Crippen molar-refractivity contribution in [1.82, 2.24) is 4.90 Å². The Balaban J connectivity index is 1.57. The second-order valence-corrected chi connectivity index (χ2v) is 9.63. The molecule has 1 heterocycles. The van der Waals surface area contributed by atoms with Gasteiger partial charge in [-0.1, -0.05) is 64.5 Å². The van der Waals surface area contributed by atoms with Crippen molar-refractivity contribution in [3.63, 3.8) is 0 Å². The van der Waals surface area contributed by atoms with Crippen molar-refractivity contribution in [1.29, 1.82) is 0 Å². The standard InChI is InChI=1S/C26H28BrNO6/c1-26(2,3)34-25(32)28-14-4-5-21(28)24(31)33-16-23(30)20-12-8-18(9-13-20)17-6-10-19(11-7-17)22(29)15-27/h6-13,21H,4-5,14-16H2,1-3H3. The number of Topliss-reactive ketones (excluding diaryl/α,β-unsaturated/α-hetero) is 2. The highest BCUT2D eigenvalue weighted by atomic mass is 79.9. The summed E-state index contributed by atoms with van der Waals surface area (Å²) in [6.07, 6.45) is 0.583. The van der Waals surface area contributed by atoms with Crippen LogP contribution in [0.15, 0.2) is 48.5 Å². The summed E-state index contributed by atoms with van der Waals surface area (Å²) < 4.78 is 10.6. The van der Waals surface area contributed by atoms with Crippen LogP contribution in [0.3, 0.4) is 0 Å². The minimum Gasteiger partial charge on any atom is -0.456 e. The van der Waals surface area contributed by atoms with Crippen LogP contribution in [0.2, 0.25) is 0 Å². The second kappa shape index (κ2) is 11.0. The van der Waals surface area contributed by atoms with Gasteiger partial charge in [0.1, 0.15) is 11.6 Å². The molecule has 1 saturated heterocycles. The maximum atomic E-state index is 12.5. The predicted octanol–water partition coefficient (Wildman–Crippen LogP) is 5.06. The van der Waals surface area contributed by atoms with E-state index in [-0.39, 0.29) is 16.9 Å². The van der Waals surface area contributed by atoms with Gasteiger partial charge in [0.05, 0.1) is 5.33 Å². The topological polar surface area (TPSA) is 90.0 Å². The zero-order chi connectivity index (χ0) is 24.9. The number of rotatable bonds is 7. The van der Waals surface area contributed by atoms with Crippen LogP contribution in [0.4, 0.5) is 4.79 Å². The van der Waals surface area contributed by atoms with Crippen molar-refractivity contribution < 1.29 is 28.7 Å². The van der Waals surface area contributed by atoms with Gasteiger partial charge in [0.25, 0.3) is 0 Å². The van der Waals surface area contributed by atoms with Gasteiger partial charge in [0.15, 0.2) is 18.2 Å². The molecule has 2 aromatic rings. The first-order valence-corrected chi connectivity index (χ1v) is 12.2. The number of esters is 1. The number of ketones is 2. The summed E-state index contributed by atoms with van der Waals surface area (Å²) in [4.78, 5) is 50.6. The molecule has 1 amide bonds. The van der Waals surface area contributed by atoms with Gasteiger partial charge in [-0.25, -0.2) is 9.59 Å². The molecule has 1 unspecified atom stereocenters. The number of carbonyl (C=O) groups excluding carboxylic acids is 4. The van der Waals surface area contributed by atoms with Crippen molar-refractivity contribution in [2.45, 2.75) is 45.3 Å². The molecule has 0 aromatic heterocycles. The van der Waals surface area contributed by atoms with Gasteiger partial charge in [-0.15, -0.1) is 0 Å². The van der Waals surface area contributed by atoms with E-state index in [1.807, 2.05) is 12.1 Å². The van der Waals surface area contributed by atoms with E-state index in [1.54, 1.807) is 57.2 Å². The average molecular weight is 530 g/mol. The van der Waals surface area contributed by atoms with Crippen LogP contribution in [0.1, 0.15) is 54.3 Å². The largest absolute Gasteiger partial charge is 0.456 e. The molecule has 1 aliphatic heterocycles. The fourth-order valence-electron chi connectivity index (χ4n) is 3.64. The number of ether oxygens (including phenoxy) is 2. The summed E-state index contributed by atoms with van der Waals surface area (Å²) in [5, 5.41) is 0.271. The lowest BCUT2D eigenvalue weighted by atomic mass is 10.0. The molecule has 3 rings (SSSR count). The average Bonchev–Trinajstić information content (AvgIpc) is 3.31. The van der Waals surface area contributed by atoms with E-state index >= 15 is 0 Å². The van der Waals surface area contributed by atoms with E-state index < -0.39 is 30.3 Å². The number of alkyl halides is 1. The highest BCUT2D eigenvalue weighted by Crippen LogP contribution is 2.23. The minimum atomic E-state index is -0.746. The molecule has 34 heavy (non-hydrogen) atoms. The third kappa shape index (κ3) is 6.53. The maximum absolute atomic E-state index is 12.5. The normalized spacial score (nSPS) is 15.6. The number of nitrogens with zero attached hydrogens (tertiary/aromatic N) is 1. The molecular weight excluding hydrogens is 502 g/mol. The van der Waals surface area contributed by atoms with Gasteiger partial charge in [-0.3, -0.25) is 14.5 Å². The Kier molecular flexibility index (Phi) is 8.25. The van der Waals surface area contributed by atoms with Crippen molar-refractivity contribution >= 4 is 39.6 Å². The molecule has 180 valence electrons. The van der Waals surface area contributed by atoms with Crippen LogP contribution in [-0.4, -0.2) is 58.7 Å². The Morgan fingerprint density at radius 1 is 0.912 bits per heavy atom.